The summed E-state index contributed by atoms with van der Waals surface area (Å²) in [6, 6.07) is 4.11. The molecule has 3 nitrogen and oxygen atoms in total. The third-order valence-corrected chi connectivity index (χ3v) is 4.22. The first-order valence-electron chi connectivity index (χ1n) is 6.64. The SMILES string of the molecule is Cc1cncc(CN2C3CCC2CC(N)C3)c1. The van der Waals surface area contributed by atoms with E-state index in [2.05, 4.69) is 22.9 Å². The van der Waals surface area contributed by atoms with Gasteiger partial charge in [0, 0.05) is 37.1 Å². The summed E-state index contributed by atoms with van der Waals surface area (Å²) in [5, 5.41) is 0. The molecule has 1 aromatic rings. The molecule has 0 aromatic carbocycles. The Balaban J connectivity index is 1.74. The van der Waals surface area contributed by atoms with Crippen LogP contribution in [0.1, 0.15) is 36.8 Å². The van der Waals surface area contributed by atoms with Crippen LogP contribution >= 0.6 is 0 Å². The average Bonchev–Trinajstić information content (AvgIpc) is 2.54. The summed E-state index contributed by atoms with van der Waals surface area (Å²) in [6.45, 7) is 3.16. The predicted molar refractivity (Wildman–Crippen MR) is 68.5 cm³/mol. The molecule has 2 aliphatic heterocycles. The zero-order valence-electron chi connectivity index (χ0n) is 10.5. The lowest BCUT2D eigenvalue weighted by Gasteiger charge is -2.37. The molecule has 3 rings (SSSR count). The lowest BCUT2D eigenvalue weighted by atomic mass is 9.97. The van der Waals surface area contributed by atoms with Gasteiger partial charge in [-0.2, -0.15) is 0 Å². The molecule has 3 heterocycles. The Hall–Kier alpha value is -0.930. The highest BCUT2D eigenvalue weighted by atomic mass is 15.2. The minimum atomic E-state index is 0.430. The van der Waals surface area contributed by atoms with E-state index >= 15 is 0 Å². The average molecular weight is 231 g/mol. The zero-order valence-corrected chi connectivity index (χ0v) is 10.5. The summed E-state index contributed by atoms with van der Waals surface area (Å²) in [4.78, 5) is 6.94. The van der Waals surface area contributed by atoms with Gasteiger partial charge in [-0.1, -0.05) is 6.07 Å². The van der Waals surface area contributed by atoms with E-state index in [1.165, 1.54) is 36.8 Å². The van der Waals surface area contributed by atoms with Crippen LogP contribution in [0.3, 0.4) is 0 Å². The minimum Gasteiger partial charge on any atom is -0.328 e. The molecule has 0 amide bonds. The number of piperidine rings is 1. The summed E-state index contributed by atoms with van der Waals surface area (Å²) in [5.74, 6) is 0. The van der Waals surface area contributed by atoms with E-state index in [1.807, 2.05) is 12.4 Å². The Morgan fingerprint density at radius 1 is 1.29 bits per heavy atom. The Bertz CT molecular complexity index is 390. The van der Waals surface area contributed by atoms with Crippen molar-refractivity contribution in [2.24, 2.45) is 5.73 Å². The molecular formula is C14H21N3. The second kappa shape index (κ2) is 4.39. The Morgan fingerprint density at radius 2 is 2.00 bits per heavy atom. The van der Waals surface area contributed by atoms with Gasteiger partial charge in [-0.3, -0.25) is 9.88 Å². The van der Waals surface area contributed by atoms with Gasteiger partial charge in [0.05, 0.1) is 0 Å². The zero-order chi connectivity index (χ0) is 11.8. The van der Waals surface area contributed by atoms with Crippen molar-refractivity contribution in [2.75, 3.05) is 0 Å². The van der Waals surface area contributed by atoms with E-state index in [-0.39, 0.29) is 0 Å². The molecule has 0 aliphatic carbocycles. The van der Waals surface area contributed by atoms with Crippen molar-refractivity contribution >= 4 is 0 Å². The number of fused-ring (bicyclic) bond motifs is 2. The van der Waals surface area contributed by atoms with Gasteiger partial charge in [0.15, 0.2) is 0 Å². The highest BCUT2D eigenvalue weighted by Gasteiger charge is 2.39. The fourth-order valence-electron chi connectivity index (χ4n) is 3.49. The molecule has 3 heteroatoms. The first kappa shape index (κ1) is 11.2. The third kappa shape index (κ3) is 2.22. The molecule has 1 aromatic heterocycles. The molecule has 2 atom stereocenters. The van der Waals surface area contributed by atoms with Crippen LogP contribution in [0.5, 0.6) is 0 Å². The highest BCUT2D eigenvalue weighted by Crippen LogP contribution is 2.36. The van der Waals surface area contributed by atoms with E-state index < -0.39 is 0 Å². The van der Waals surface area contributed by atoms with Crippen molar-refractivity contribution in [3.8, 4) is 0 Å². The van der Waals surface area contributed by atoms with Crippen molar-refractivity contribution < 1.29 is 0 Å². The number of aromatic nitrogens is 1. The summed E-state index contributed by atoms with van der Waals surface area (Å²) in [5.41, 5.74) is 8.69. The van der Waals surface area contributed by atoms with Crippen LogP contribution in [-0.2, 0) is 6.54 Å². The fraction of sp³-hybridized carbons (Fsp3) is 0.643. The van der Waals surface area contributed by atoms with Gasteiger partial charge in [-0.05, 0) is 43.7 Å². The largest absolute Gasteiger partial charge is 0.328 e. The molecule has 2 bridgehead atoms. The van der Waals surface area contributed by atoms with Gasteiger partial charge in [0.25, 0.3) is 0 Å². The predicted octanol–water partition coefficient (Wildman–Crippen LogP) is 1.84. The number of aryl methyl sites for hydroxylation is 1. The molecule has 2 fully saturated rings. The van der Waals surface area contributed by atoms with Gasteiger partial charge in [-0.25, -0.2) is 0 Å². The quantitative estimate of drug-likeness (QED) is 0.844. The van der Waals surface area contributed by atoms with E-state index in [9.17, 15) is 0 Å². The summed E-state index contributed by atoms with van der Waals surface area (Å²) in [7, 11) is 0. The van der Waals surface area contributed by atoms with Crippen LogP contribution in [0.15, 0.2) is 18.5 Å². The second-order valence-corrected chi connectivity index (χ2v) is 5.66. The molecule has 2 unspecified atom stereocenters. The molecule has 2 N–H and O–H groups in total. The molecule has 0 spiro atoms. The van der Waals surface area contributed by atoms with Crippen LogP contribution in [0, 0.1) is 6.92 Å². The van der Waals surface area contributed by atoms with E-state index in [0.717, 1.165) is 6.54 Å². The maximum absolute atomic E-state index is 6.10. The van der Waals surface area contributed by atoms with E-state index in [1.54, 1.807) is 0 Å². The number of hydrogen-bond acceptors (Lipinski definition) is 3. The highest BCUT2D eigenvalue weighted by molar-refractivity contribution is 5.17. The van der Waals surface area contributed by atoms with Crippen LogP contribution in [-0.4, -0.2) is 28.0 Å². The van der Waals surface area contributed by atoms with Gasteiger partial charge < -0.3 is 5.73 Å². The Labute approximate surface area is 103 Å². The molecule has 0 saturated carbocycles. The molecule has 92 valence electrons. The molecule has 17 heavy (non-hydrogen) atoms. The summed E-state index contributed by atoms with van der Waals surface area (Å²) < 4.78 is 0. The van der Waals surface area contributed by atoms with E-state index in [4.69, 9.17) is 5.73 Å². The number of nitrogens with two attached hydrogens (primary N) is 1. The fourth-order valence-corrected chi connectivity index (χ4v) is 3.49. The first-order valence-corrected chi connectivity index (χ1v) is 6.64. The van der Waals surface area contributed by atoms with Crippen molar-refractivity contribution in [1.82, 2.24) is 9.88 Å². The lowest BCUT2D eigenvalue weighted by molar-refractivity contribution is 0.120. The standard InChI is InChI=1S/C14H21N3/c1-10-4-11(8-16-7-10)9-17-13-2-3-14(17)6-12(15)5-13/h4,7-8,12-14H,2-3,5-6,9,15H2,1H3. The van der Waals surface area contributed by atoms with Crippen molar-refractivity contribution in [3.05, 3.63) is 29.6 Å². The molecule has 2 saturated heterocycles. The Morgan fingerprint density at radius 3 is 2.65 bits per heavy atom. The number of rotatable bonds is 2. The van der Waals surface area contributed by atoms with Gasteiger partial charge in [0.2, 0.25) is 0 Å². The van der Waals surface area contributed by atoms with E-state index in [0.29, 0.717) is 18.1 Å². The van der Waals surface area contributed by atoms with Crippen molar-refractivity contribution in [1.29, 1.82) is 0 Å². The van der Waals surface area contributed by atoms with Crippen LogP contribution in [0.4, 0.5) is 0 Å². The van der Waals surface area contributed by atoms with Gasteiger partial charge in [-0.15, -0.1) is 0 Å². The van der Waals surface area contributed by atoms with Crippen molar-refractivity contribution in [2.45, 2.75) is 57.3 Å². The van der Waals surface area contributed by atoms with Crippen molar-refractivity contribution in [3.63, 3.8) is 0 Å². The lowest BCUT2D eigenvalue weighted by Crippen LogP contribution is -2.46. The summed E-state index contributed by atoms with van der Waals surface area (Å²) in [6.07, 6.45) is 8.94. The number of nitrogens with zero attached hydrogens (tertiary/aromatic N) is 2. The topological polar surface area (TPSA) is 42.2 Å². The smallest absolute Gasteiger partial charge is 0.0313 e. The maximum Gasteiger partial charge on any atom is 0.0313 e. The van der Waals surface area contributed by atoms with Gasteiger partial charge >= 0.3 is 0 Å². The van der Waals surface area contributed by atoms with Crippen LogP contribution in [0.2, 0.25) is 0 Å². The Kier molecular flexibility index (Phi) is 2.89. The minimum absolute atomic E-state index is 0.430. The number of hydrogen-bond donors (Lipinski definition) is 1. The molecule has 0 radical (unpaired) electrons. The van der Waals surface area contributed by atoms with Gasteiger partial charge in [0.1, 0.15) is 0 Å². The third-order valence-electron chi connectivity index (χ3n) is 4.22. The molecular weight excluding hydrogens is 210 g/mol. The second-order valence-electron chi connectivity index (χ2n) is 5.66. The first-order chi connectivity index (χ1) is 8.22. The normalized spacial score (nSPS) is 32.9. The van der Waals surface area contributed by atoms with Crippen LogP contribution in [0.25, 0.3) is 0 Å². The number of pyridine rings is 1. The van der Waals surface area contributed by atoms with Crippen LogP contribution < -0.4 is 5.73 Å². The monoisotopic (exact) mass is 231 g/mol. The maximum atomic E-state index is 6.10. The summed E-state index contributed by atoms with van der Waals surface area (Å²) >= 11 is 0. The molecule has 2 aliphatic rings.